The summed E-state index contributed by atoms with van der Waals surface area (Å²) in [6, 6.07) is 0. The highest BCUT2D eigenvalue weighted by Crippen LogP contribution is 2.20. The van der Waals surface area contributed by atoms with Gasteiger partial charge in [-0.05, 0) is 27.7 Å². The van der Waals surface area contributed by atoms with E-state index in [9.17, 15) is 4.79 Å². The Balaban J connectivity index is 2.87. The summed E-state index contributed by atoms with van der Waals surface area (Å²) in [6.07, 6.45) is 0.576. The average molecular weight is 184 g/mol. The Kier molecular flexibility index (Phi) is 2.41. The summed E-state index contributed by atoms with van der Waals surface area (Å²) in [5, 5.41) is 3.49. The first-order valence-corrected chi connectivity index (χ1v) is 4.75. The molecule has 1 N–H and O–H groups in total. The van der Waals surface area contributed by atoms with E-state index in [2.05, 4.69) is 33.0 Å². The molecule has 0 atom stereocenters. The first-order chi connectivity index (χ1) is 5.72. The van der Waals surface area contributed by atoms with E-state index in [1.807, 2.05) is 11.9 Å². The summed E-state index contributed by atoms with van der Waals surface area (Å²) in [6.45, 7) is 9.18. The molecular weight excluding hydrogens is 164 g/mol. The number of amides is 1. The van der Waals surface area contributed by atoms with Crippen LogP contribution in [0.2, 0.25) is 0 Å². The number of hydrogen-bond acceptors (Lipinski definition) is 2. The van der Waals surface area contributed by atoms with Gasteiger partial charge in [-0.1, -0.05) is 0 Å². The molecular formula is C10H20N2O. The van der Waals surface area contributed by atoms with Gasteiger partial charge in [-0.25, -0.2) is 0 Å². The highest BCUT2D eigenvalue weighted by Gasteiger charge is 2.35. The van der Waals surface area contributed by atoms with Crippen LogP contribution in [0.4, 0.5) is 0 Å². The van der Waals surface area contributed by atoms with Crippen molar-refractivity contribution in [1.29, 1.82) is 0 Å². The Morgan fingerprint density at radius 2 is 1.77 bits per heavy atom. The van der Waals surface area contributed by atoms with Gasteiger partial charge >= 0.3 is 0 Å². The lowest BCUT2D eigenvalue weighted by molar-refractivity contribution is -0.130. The lowest BCUT2D eigenvalue weighted by Gasteiger charge is -2.33. The number of carbonyl (C=O) groups is 1. The fourth-order valence-corrected chi connectivity index (χ4v) is 2.19. The quantitative estimate of drug-likeness (QED) is 0.609. The van der Waals surface area contributed by atoms with Crippen LogP contribution in [0.25, 0.3) is 0 Å². The van der Waals surface area contributed by atoms with Gasteiger partial charge in [-0.15, -0.1) is 0 Å². The maximum atomic E-state index is 11.6. The molecule has 1 aliphatic heterocycles. The predicted octanol–water partition coefficient (Wildman–Crippen LogP) is 0.995. The van der Waals surface area contributed by atoms with Crippen LogP contribution in [0.15, 0.2) is 0 Å². The van der Waals surface area contributed by atoms with E-state index in [0.717, 1.165) is 6.54 Å². The molecule has 3 heteroatoms. The minimum atomic E-state index is -0.0919. The second-order valence-electron chi connectivity index (χ2n) is 5.32. The molecule has 0 radical (unpaired) electrons. The van der Waals surface area contributed by atoms with E-state index >= 15 is 0 Å². The molecule has 1 amide bonds. The van der Waals surface area contributed by atoms with Gasteiger partial charge in [0.2, 0.25) is 5.91 Å². The third-order valence-corrected chi connectivity index (χ3v) is 2.33. The summed E-state index contributed by atoms with van der Waals surface area (Å²) >= 11 is 0. The van der Waals surface area contributed by atoms with Crippen LogP contribution >= 0.6 is 0 Å². The van der Waals surface area contributed by atoms with Gasteiger partial charge in [-0.2, -0.15) is 0 Å². The van der Waals surface area contributed by atoms with Crippen LogP contribution in [-0.4, -0.2) is 35.5 Å². The maximum absolute atomic E-state index is 11.6. The minimum Gasteiger partial charge on any atom is -0.344 e. The summed E-state index contributed by atoms with van der Waals surface area (Å²) in [5.41, 5.74) is -0.0875. The fraction of sp³-hybridized carbons (Fsp3) is 0.900. The van der Waals surface area contributed by atoms with E-state index in [4.69, 9.17) is 0 Å². The topological polar surface area (TPSA) is 32.3 Å². The van der Waals surface area contributed by atoms with Crippen molar-refractivity contribution in [3.05, 3.63) is 0 Å². The first-order valence-electron chi connectivity index (χ1n) is 4.75. The number of carbonyl (C=O) groups excluding carboxylic acids is 1. The Bertz CT molecular complexity index is 221. The van der Waals surface area contributed by atoms with Gasteiger partial charge in [0.25, 0.3) is 0 Å². The monoisotopic (exact) mass is 184 g/mol. The number of nitrogens with one attached hydrogen (secondary N) is 1. The molecule has 0 saturated carbocycles. The second-order valence-corrected chi connectivity index (χ2v) is 5.32. The summed E-state index contributed by atoms with van der Waals surface area (Å²) in [5.74, 6) is 0.225. The van der Waals surface area contributed by atoms with E-state index in [1.54, 1.807) is 0 Å². The molecule has 1 heterocycles. The second kappa shape index (κ2) is 2.98. The number of nitrogens with zero attached hydrogens (tertiary/aromatic N) is 1. The van der Waals surface area contributed by atoms with Gasteiger partial charge in [0.1, 0.15) is 0 Å². The van der Waals surface area contributed by atoms with E-state index in [-0.39, 0.29) is 17.0 Å². The predicted molar refractivity (Wildman–Crippen MR) is 53.5 cm³/mol. The van der Waals surface area contributed by atoms with Crippen LogP contribution in [0.5, 0.6) is 0 Å². The lowest BCUT2D eigenvalue weighted by atomic mass is 9.96. The van der Waals surface area contributed by atoms with Crippen molar-refractivity contribution < 1.29 is 4.79 Å². The Morgan fingerprint density at radius 1 is 1.23 bits per heavy atom. The Morgan fingerprint density at radius 3 is 2.31 bits per heavy atom. The summed E-state index contributed by atoms with van der Waals surface area (Å²) in [7, 11) is 1.87. The maximum Gasteiger partial charge on any atom is 0.224 e. The number of hydrogen-bond donors (Lipinski definition) is 1. The van der Waals surface area contributed by atoms with Gasteiger partial charge in [-0.3, -0.25) is 4.79 Å². The van der Waals surface area contributed by atoms with E-state index < -0.39 is 0 Å². The molecule has 1 rings (SSSR count). The van der Waals surface area contributed by atoms with Crippen molar-refractivity contribution in [2.45, 2.75) is 45.2 Å². The van der Waals surface area contributed by atoms with Crippen LogP contribution in [0, 0.1) is 0 Å². The minimum absolute atomic E-state index is 0.00438. The van der Waals surface area contributed by atoms with Crippen molar-refractivity contribution in [3.63, 3.8) is 0 Å². The molecule has 0 aromatic rings. The van der Waals surface area contributed by atoms with E-state index in [0.29, 0.717) is 6.42 Å². The average Bonchev–Trinajstić information content (AvgIpc) is 1.85. The zero-order valence-electron chi connectivity index (χ0n) is 9.27. The fourth-order valence-electron chi connectivity index (χ4n) is 2.19. The van der Waals surface area contributed by atoms with Crippen molar-refractivity contribution in [3.8, 4) is 0 Å². The van der Waals surface area contributed by atoms with Crippen molar-refractivity contribution in [1.82, 2.24) is 10.2 Å². The van der Waals surface area contributed by atoms with Crippen molar-refractivity contribution in [2.75, 3.05) is 13.6 Å². The third-order valence-electron chi connectivity index (χ3n) is 2.33. The van der Waals surface area contributed by atoms with Gasteiger partial charge < -0.3 is 10.2 Å². The third kappa shape index (κ3) is 2.69. The highest BCUT2D eigenvalue weighted by molar-refractivity contribution is 5.77. The molecule has 0 aliphatic carbocycles. The number of rotatable bonds is 0. The SMILES string of the molecule is CN1CC(C)(C)NC(C)(C)CC1=O. The first kappa shape index (κ1) is 10.5. The molecule has 0 aromatic heterocycles. The lowest BCUT2D eigenvalue weighted by Crippen LogP contribution is -2.53. The normalized spacial score (nSPS) is 27.2. The molecule has 0 unspecified atom stereocenters. The summed E-state index contributed by atoms with van der Waals surface area (Å²) in [4.78, 5) is 13.4. The van der Waals surface area contributed by atoms with Crippen LogP contribution < -0.4 is 5.32 Å². The molecule has 0 aromatic carbocycles. The van der Waals surface area contributed by atoms with Gasteiger partial charge in [0.15, 0.2) is 0 Å². The standard InChI is InChI=1S/C10H20N2O/c1-9(2)6-8(13)12(5)7-10(3,4)11-9/h11H,6-7H2,1-5H3. The highest BCUT2D eigenvalue weighted by atomic mass is 16.2. The Labute approximate surface area is 80.5 Å². The number of likely N-dealkylation sites (N-methyl/N-ethyl adjacent to an activating group) is 1. The molecule has 13 heavy (non-hydrogen) atoms. The van der Waals surface area contributed by atoms with Crippen LogP contribution in [0.1, 0.15) is 34.1 Å². The van der Waals surface area contributed by atoms with Crippen LogP contribution in [-0.2, 0) is 4.79 Å². The molecule has 3 nitrogen and oxygen atoms in total. The van der Waals surface area contributed by atoms with Crippen molar-refractivity contribution in [2.24, 2.45) is 0 Å². The van der Waals surface area contributed by atoms with Gasteiger partial charge in [0.05, 0.1) is 0 Å². The Hall–Kier alpha value is -0.570. The molecule has 1 fully saturated rings. The largest absolute Gasteiger partial charge is 0.344 e. The zero-order valence-corrected chi connectivity index (χ0v) is 9.27. The van der Waals surface area contributed by atoms with Crippen LogP contribution in [0.3, 0.4) is 0 Å². The van der Waals surface area contributed by atoms with Crippen molar-refractivity contribution >= 4 is 5.91 Å². The van der Waals surface area contributed by atoms with E-state index in [1.165, 1.54) is 0 Å². The molecule has 1 saturated heterocycles. The molecule has 0 spiro atoms. The smallest absolute Gasteiger partial charge is 0.224 e. The summed E-state index contributed by atoms with van der Waals surface area (Å²) < 4.78 is 0. The molecule has 0 bridgehead atoms. The van der Waals surface area contributed by atoms with Gasteiger partial charge in [0, 0.05) is 31.1 Å². The molecule has 1 aliphatic rings. The molecule has 76 valence electrons. The zero-order chi connectivity index (χ0) is 10.3.